The van der Waals surface area contributed by atoms with E-state index in [1.54, 1.807) is 10.9 Å². The number of aryl methyl sites for hydroxylation is 1. The van der Waals surface area contributed by atoms with Crippen LogP contribution in [0, 0.1) is 0 Å². The Morgan fingerprint density at radius 3 is 2.56 bits per heavy atom. The van der Waals surface area contributed by atoms with Gasteiger partial charge in [-0.1, -0.05) is 43.3 Å². The number of benzene rings is 1. The van der Waals surface area contributed by atoms with Crippen LogP contribution in [0.1, 0.15) is 36.6 Å². The minimum absolute atomic E-state index is 0.0485. The zero-order valence-corrected chi connectivity index (χ0v) is 17.2. The third kappa shape index (κ3) is 4.80. The average Bonchev–Trinajstić information content (AvgIpc) is 3.02. The van der Waals surface area contributed by atoms with Gasteiger partial charge in [0.2, 0.25) is 5.91 Å². The highest BCUT2D eigenvalue weighted by atomic mass is 79.9. The fourth-order valence-corrected chi connectivity index (χ4v) is 3.03. The molecule has 0 aliphatic rings. The lowest BCUT2D eigenvalue weighted by Crippen LogP contribution is -2.25. The molecule has 1 N–H and O–H groups in total. The monoisotopic (exact) mass is 427 g/mol. The maximum absolute atomic E-state index is 12.3. The molecule has 0 saturated carbocycles. The Balaban J connectivity index is 1.65. The lowest BCUT2D eigenvalue weighted by Gasteiger charge is -2.08. The van der Waals surface area contributed by atoms with Crippen LogP contribution in [0.5, 0.6) is 0 Å². The van der Waals surface area contributed by atoms with Crippen molar-refractivity contribution in [1.29, 1.82) is 0 Å². The molecule has 6 nitrogen and oxygen atoms in total. The minimum Gasteiger partial charge on any atom is -0.350 e. The Labute approximate surface area is 167 Å². The fourth-order valence-electron chi connectivity index (χ4n) is 2.80. The molecule has 140 valence electrons. The molecule has 0 spiro atoms. The maximum atomic E-state index is 12.3. The number of nitrogens with one attached hydrogen (secondary N) is 1. The van der Waals surface area contributed by atoms with E-state index >= 15 is 0 Å². The van der Waals surface area contributed by atoms with E-state index in [-0.39, 0.29) is 5.91 Å². The quantitative estimate of drug-likeness (QED) is 0.651. The molecule has 0 saturated heterocycles. The lowest BCUT2D eigenvalue weighted by atomic mass is 10.0. The highest BCUT2D eigenvalue weighted by Crippen LogP contribution is 2.21. The molecule has 0 radical (unpaired) electrons. The molecular formula is C20H22BrN5O. The first-order chi connectivity index (χ1) is 12.9. The molecule has 3 rings (SSSR count). The summed E-state index contributed by atoms with van der Waals surface area (Å²) in [5, 5.41) is 11.2. The van der Waals surface area contributed by atoms with Crippen LogP contribution in [0.25, 0.3) is 11.4 Å². The Kier molecular flexibility index (Phi) is 6.01. The van der Waals surface area contributed by atoms with Crippen LogP contribution in [-0.2, 0) is 24.8 Å². The Hall–Kier alpha value is -2.54. The predicted octanol–water partition coefficient (Wildman–Crippen LogP) is 3.62. The number of pyridine rings is 1. The number of aromatic nitrogens is 4. The summed E-state index contributed by atoms with van der Waals surface area (Å²) >= 11 is 3.38. The lowest BCUT2D eigenvalue weighted by molar-refractivity contribution is -0.120. The van der Waals surface area contributed by atoms with Crippen LogP contribution in [-0.4, -0.2) is 25.9 Å². The third-order valence-electron chi connectivity index (χ3n) is 4.33. The molecule has 7 heteroatoms. The largest absolute Gasteiger partial charge is 0.350 e. The summed E-state index contributed by atoms with van der Waals surface area (Å²) in [4.78, 5) is 16.7. The summed E-state index contributed by atoms with van der Waals surface area (Å²) in [5.74, 6) is 0.433. The minimum atomic E-state index is -0.0485. The normalized spacial score (nSPS) is 11.0. The molecule has 1 aromatic carbocycles. The molecule has 2 heterocycles. The SMILES string of the molecule is CC(C)c1ccc(CC(=O)NCc2nnn(C)c2-c2ccc(Br)cn2)cc1. The Morgan fingerprint density at radius 1 is 1.19 bits per heavy atom. The molecular weight excluding hydrogens is 406 g/mol. The molecule has 0 aliphatic heterocycles. The van der Waals surface area contributed by atoms with E-state index in [1.807, 2.05) is 31.3 Å². The predicted molar refractivity (Wildman–Crippen MR) is 108 cm³/mol. The summed E-state index contributed by atoms with van der Waals surface area (Å²) in [6, 6.07) is 12.0. The Bertz CT molecular complexity index is 917. The van der Waals surface area contributed by atoms with Gasteiger partial charge >= 0.3 is 0 Å². The van der Waals surface area contributed by atoms with E-state index < -0.39 is 0 Å². The number of amides is 1. The fraction of sp³-hybridized carbons (Fsp3) is 0.300. The molecule has 3 aromatic rings. The van der Waals surface area contributed by atoms with Crippen molar-refractivity contribution in [2.24, 2.45) is 7.05 Å². The molecule has 0 unspecified atom stereocenters. The second-order valence-corrected chi connectivity index (χ2v) is 7.64. The molecule has 0 fully saturated rings. The number of rotatable bonds is 6. The van der Waals surface area contributed by atoms with E-state index in [4.69, 9.17) is 0 Å². The number of hydrogen-bond acceptors (Lipinski definition) is 4. The summed E-state index contributed by atoms with van der Waals surface area (Å²) in [5.41, 5.74) is 4.51. The zero-order chi connectivity index (χ0) is 19.4. The van der Waals surface area contributed by atoms with Crippen molar-refractivity contribution in [1.82, 2.24) is 25.3 Å². The summed E-state index contributed by atoms with van der Waals surface area (Å²) in [7, 11) is 1.81. The van der Waals surface area contributed by atoms with Gasteiger partial charge in [-0.25, -0.2) is 4.68 Å². The summed E-state index contributed by atoms with van der Waals surface area (Å²) in [6.45, 7) is 4.62. The van der Waals surface area contributed by atoms with Crippen molar-refractivity contribution in [2.45, 2.75) is 32.7 Å². The number of hydrogen-bond donors (Lipinski definition) is 1. The van der Waals surface area contributed by atoms with Gasteiger partial charge in [0, 0.05) is 17.7 Å². The van der Waals surface area contributed by atoms with Gasteiger partial charge in [-0.3, -0.25) is 9.78 Å². The van der Waals surface area contributed by atoms with E-state index in [0.29, 0.717) is 24.6 Å². The van der Waals surface area contributed by atoms with E-state index in [9.17, 15) is 4.79 Å². The molecule has 27 heavy (non-hydrogen) atoms. The topological polar surface area (TPSA) is 72.7 Å². The third-order valence-corrected chi connectivity index (χ3v) is 4.80. The van der Waals surface area contributed by atoms with Gasteiger partial charge in [0.05, 0.1) is 18.7 Å². The molecule has 0 atom stereocenters. The number of carbonyl (C=O) groups excluding carboxylic acids is 1. The van der Waals surface area contributed by atoms with Crippen LogP contribution < -0.4 is 5.32 Å². The van der Waals surface area contributed by atoms with Crippen LogP contribution in [0.3, 0.4) is 0 Å². The van der Waals surface area contributed by atoms with Crippen LogP contribution in [0.15, 0.2) is 47.1 Å². The van der Waals surface area contributed by atoms with Gasteiger partial charge < -0.3 is 5.32 Å². The van der Waals surface area contributed by atoms with Crippen molar-refractivity contribution in [2.75, 3.05) is 0 Å². The van der Waals surface area contributed by atoms with Crippen molar-refractivity contribution in [3.63, 3.8) is 0 Å². The molecule has 2 aromatic heterocycles. The number of carbonyl (C=O) groups is 1. The van der Waals surface area contributed by atoms with Crippen molar-refractivity contribution in [3.05, 3.63) is 63.9 Å². The van der Waals surface area contributed by atoms with E-state index in [0.717, 1.165) is 21.4 Å². The summed E-state index contributed by atoms with van der Waals surface area (Å²) < 4.78 is 2.57. The number of halogens is 1. The number of nitrogens with zero attached hydrogens (tertiary/aromatic N) is 4. The van der Waals surface area contributed by atoms with Gasteiger partial charge in [0.25, 0.3) is 0 Å². The van der Waals surface area contributed by atoms with Gasteiger partial charge in [-0.05, 0) is 45.1 Å². The van der Waals surface area contributed by atoms with Gasteiger partial charge in [0.15, 0.2) is 0 Å². The second kappa shape index (κ2) is 8.43. The molecule has 0 aliphatic carbocycles. The maximum Gasteiger partial charge on any atom is 0.224 e. The van der Waals surface area contributed by atoms with Crippen molar-refractivity contribution in [3.8, 4) is 11.4 Å². The highest BCUT2D eigenvalue weighted by Gasteiger charge is 2.15. The first kappa shape index (κ1) is 19.2. The smallest absolute Gasteiger partial charge is 0.224 e. The summed E-state index contributed by atoms with van der Waals surface area (Å²) in [6.07, 6.45) is 2.07. The van der Waals surface area contributed by atoms with Crippen molar-refractivity contribution < 1.29 is 4.79 Å². The average molecular weight is 428 g/mol. The van der Waals surface area contributed by atoms with Gasteiger partial charge in [0.1, 0.15) is 11.4 Å². The van der Waals surface area contributed by atoms with Gasteiger partial charge in [-0.2, -0.15) is 0 Å². The van der Waals surface area contributed by atoms with E-state index in [2.05, 4.69) is 62.5 Å². The van der Waals surface area contributed by atoms with Gasteiger partial charge in [-0.15, -0.1) is 5.10 Å². The first-order valence-corrected chi connectivity index (χ1v) is 9.59. The zero-order valence-electron chi connectivity index (χ0n) is 15.6. The second-order valence-electron chi connectivity index (χ2n) is 6.72. The van der Waals surface area contributed by atoms with Crippen molar-refractivity contribution >= 4 is 21.8 Å². The molecule has 1 amide bonds. The van der Waals surface area contributed by atoms with Crippen LogP contribution in [0.2, 0.25) is 0 Å². The highest BCUT2D eigenvalue weighted by molar-refractivity contribution is 9.10. The molecule has 0 bridgehead atoms. The standard InChI is InChI=1S/C20H22BrN5O/c1-13(2)15-6-4-14(5-7-15)10-19(27)23-12-18-20(26(3)25-24-18)17-9-8-16(21)11-22-17/h4-9,11,13H,10,12H2,1-3H3,(H,23,27). The van der Waals surface area contributed by atoms with Crippen LogP contribution >= 0.6 is 15.9 Å². The Morgan fingerprint density at radius 2 is 1.93 bits per heavy atom. The first-order valence-electron chi connectivity index (χ1n) is 8.80. The van der Waals surface area contributed by atoms with Crippen LogP contribution in [0.4, 0.5) is 0 Å². The van der Waals surface area contributed by atoms with E-state index in [1.165, 1.54) is 5.56 Å².